The molecule has 0 aliphatic carbocycles. The largest absolute Gasteiger partial charge is 0.492 e. The second kappa shape index (κ2) is 9.80. The summed E-state index contributed by atoms with van der Waals surface area (Å²) >= 11 is 0. The predicted molar refractivity (Wildman–Crippen MR) is 117 cm³/mol. The Hall–Kier alpha value is -3.80. The molecule has 1 aliphatic heterocycles. The smallest absolute Gasteiger partial charge is 0.276 e. The van der Waals surface area contributed by atoms with E-state index in [0.29, 0.717) is 18.6 Å². The SMILES string of the molecule is O=C(COc1ccccc1Cc1ccccc1)NNC(=O)C1COc2ccccc2C1. The summed E-state index contributed by atoms with van der Waals surface area (Å²) in [6.45, 7) is 0.0815. The molecule has 0 radical (unpaired) electrons. The van der Waals surface area contributed by atoms with Gasteiger partial charge in [-0.05, 0) is 35.2 Å². The molecule has 158 valence electrons. The van der Waals surface area contributed by atoms with Gasteiger partial charge in [0.05, 0.1) is 5.92 Å². The van der Waals surface area contributed by atoms with Crippen molar-refractivity contribution in [3.63, 3.8) is 0 Å². The third-order valence-corrected chi connectivity index (χ3v) is 5.14. The first-order valence-electron chi connectivity index (χ1n) is 10.2. The van der Waals surface area contributed by atoms with Crippen LogP contribution in [0.3, 0.4) is 0 Å². The van der Waals surface area contributed by atoms with Gasteiger partial charge in [-0.3, -0.25) is 20.4 Å². The molecular formula is C25H24N2O4. The molecule has 1 heterocycles. The van der Waals surface area contributed by atoms with E-state index in [1.165, 1.54) is 0 Å². The van der Waals surface area contributed by atoms with Crippen molar-refractivity contribution in [1.29, 1.82) is 0 Å². The molecule has 1 atom stereocenters. The summed E-state index contributed by atoms with van der Waals surface area (Å²) in [5, 5.41) is 0. The number of ether oxygens (including phenoxy) is 2. The summed E-state index contributed by atoms with van der Waals surface area (Å²) in [4.78, 5) is 24.6. The van der Waals surface area contributed by atoms with Crippen LogP contribution in [0, 0.1) is 5.92 Å². The third kappa shape index (κ3) is 5.42. The van der Waals surface area contributed by atoms with Crippen LogP contribution in [-0.4, -0.2) is 25.0 Å². The topological polar surface area (TPSA) is 76.7 Å². The molecule has 0 bridgehead atoms. The van der Waals surface area contributed by atoms with Crippen LogP contribution in [0.4, 0.5) is 0 Å². The zero-order valence-electron chi connectivity index (χ0n) is 17.0. The number of carbonyl (C=O) groups is 2. The molecule has 6 heteroatoms. The third-order valence-electron chi connectivity index (χ3n) is 5.14. The van der Waals surface area contributed by atoms with E-state index in [1.807, 2.05) is 78.9 Å². The van der Waals surface area contributed by atoms with E-state index in [0.717, 1.165) is 22.4 Å². The normalized spacial score (nSPS) is 14.6. The van der Waals surface area contributed by atoms with Gasteiger partial charge in [-0.25, -0.2) is 0 Å². The molecule has 6 nitrogen and oxygen atoms in total. The van der Waals surface area contributed by atoms with Gasteiger partial charge in [0.25, 0.3) is 5.91 Å². The minimum atomic E-state index is -0.431. The molecule has 0 saturated heterocycles. The van der Waals surface area contributed by atoms with Crippen LogP contribution in [0.2, 0.25) is 0 Å². The fourth-order valence-corrected chi connectivity index (χ4v) is 3.52. The van der Waals surface area contributed by atoms with Gasteiger partial charge in [0, 0.05) is 6.42 Å². The second-order valence-corrected chi connectivity index (χ2v) is 7.42. The molecule has 2 N–H and O–H groups in total. The number of carbonyl (C=O) groups excluding carboxylic acids is 2. The van der Waals surface area contributed by atoms with Crippen molar-refractivity contribution in [2.24, 2.45) is 5.92 Å². The minimum Gasteiger partial charge on any atom is -0.492 e. The molecule has 1 unspecified atom stereocenters. The van der Waals surface area contributed by atoms with Gasteiger partial charge in [-0.1, -0.05) is 66.7 Å². The maximum atomic E-state index is 12.4. The zero-order chi connectivity index (χ0) is 21.5. The maximum Gasteiger partial charge on any atom is 0.276 e. The number of hydrazine groups is 1. The lowest BCUT2D eigenvalue weighted by Crippen LogP contribution is -2.48. The molecule has 0 saturated carbocycles. The Morgan fingerprint density at radius 3 is 2.52 bits per heavy atom. The Morgan fingerprint density at radius 1 is 0.903 bits per heavy atom. The summed E-state index contributed by atoms with van der Waals surface area (Å²) in [5.74, 6) is 0.373. The molecule has 0 spiro atoms. The monoisotopic (exact) mass is 416 g/mol. The number of hydrogen-bond donors (Lipinski definition) is 2. The van der Waals surface area contributed by atoms with E-state index in [-0.39, 0.29) is 25.0 Å². The van der Waals surface area contributed by atoms with Gasteiger partial charge < -0.3 is 9.47 Å². The van der Waals surface area contributed by atoms with Crippen LogP contribution in [0.5, 0.6) is 11.5 Å². The maximum absolute atomic E-state index is 12.4. The average molecular weight is 416 g/mol. The highest BCUT2D eigenvalue weighted by atomic mass is 16.5. The van der Waals surface area contributed by atoms with Gasteiger partial charge in [-0.2, -0.15) is 0 Å². The average Bonchev–Trinajstić information content (AvgIpc) is 2.82. The van der Waals surface area contributed by atoms with Crippen molar-refractivity contribution in [1.82, 2.24) is 10.9 Å². The lowest BCUT2D eigenvalue weighted by Gasteiger charge is -2.24. The highest BCUT2D eigenvalue weighted by Gasteiger charge is 2.26. The van der Waals surface area contributed by atoms with E-state index in [1.54, 1.807) is 0 Å². The first-order valence-corrected chi connectivity index (χ1v) is 10.2. The van der Waals surface area contributed by atoms with Crippen LogP contribution < -0.4 is 20.3 Å². The summed E-state index contributed by atoms with van der Waals surface area (Å²) in [5.41, 5.74) is 8.03. The molecule has 31 heavy (non-hydrogen) atoms. The molecule has 2 amide bonds. The van der Waals surface area contributed by atoms with E-state index in [9.17, 15) is 9.59 Å². The molecule has 3 aromatic rings. The quantitative estimate of drug-likeness (QED) is 0.606. The predicted octanol–water partition coefficient (Wildman–Crippen LogP) is 3.05. The van der Waals surface area contributed by atoms with E-state index >= 15 is 0 Å². The van der Waals surface area contributed by atoms with Gasteiger partial charge in [0.1, 0.15) is 18.1 Å². The zero-order valence-corrected chi connectivity index (χ0v) is 17.0. The molecular weight excluding hydrogens is 392 g/mol. The highest BCUT2D eigenvalue weighted by Crippen LogP contribution is 2.26. The Labute approximate surface area is 181 Å². The van der Waals surface area contributed by atoms with E-state index in [2.05, 4.69) is 10.9 Å². The lowest BCUT2D eigenvalue weighted by molar-refractivity contribution is -0.132. The number of fused-ring (bicyclic) bond motifs is 1. The molecule has 4 rings (SSSR count). The van der Waals surface area contributed by atoms with Crippen LogP contribution in [0.25, 0.3) is 0 Å². The summed E-state index contributed by atoms with van der Waals surface area (Å²) < 4.78 is 11.3. The number of hydrogen-bond acceptors (Lipinski definition) is 4. The number of amides is 2. The van der Waals surface area contributed by atoms with Crippen molar-refractivity contribution >= 4 is 11.8 Å². The number of benzene rings is 3. The minimum absolute atomic E-state index is 0.198. The Kier molecular flexibility index (Phi) is 6.47. The Bertz CT molecular complexity index is 1050. The summed E-state index contributed by atoms with van der Waals surface area (Å²) in [6.07, 6.45) is 1.28. The lowest BCUT2D eigenvalue weighted by atomic mass is 9.96. The fourth-order valence-electron chi connectivity index (χ4n) is 3.52. The van der Waals surface area contributed by atoms with Crippen molar-refractivity contribution in [3.8, 4) is 11.5 Å². The van der Waals surface area contributed by atoms with E-state index in [4.69, 9.17) is 9.47 Å². The van der Waals surface area contributed by atoms with Crippen LogP contribution in [0.15, 0.2) is 78.9 Å². The number of rotatable bonds is 6. The number of para-hydroxylation sites is 2. The van der Waals surface area contributed by atoms with Crippen LogP contribution in [0.1, 0.15) is 16.7 Å². The first kappa shape index (κ1) is 20.5. The molecule has 0 aromatic heterocycles. The molecule has 3 aromatic carbocycles. The Balaban J connectivity index is 1.26. The summed E-state index contributed by atoms with van der Waals surface area (Å²) in [6, 6.07) is 25.3. The Morgan fingerprint density at radius 2 is 1.65 bits per heavy atom. The van der Waals surface area contributed by atoms with Crippen molar-refractivity contribution < 1.29 is 19.1 Å². The van der Waals surface area contributed by atoms with Gasteiger partial charge in [0.2, 0.25) is 5.91 Å². The van der Waals surface area contributed by atoms with Crippen molar-refractivity contribution in [2.75, 3.05) is 13.2 Å². The molecule has 0 fully saturated rings. The number of nitrogens with one attached hydrogen (secondary N) is 2. The second-order valence-electron chi connectivity index (χ2n) is 7.42. The fraction of sp³-hybridized carbons (Fsp3) is 0.200. The molecule has 1 aliphatic rings. The summed E-state index contributed by atoms with van der Waals surface area (Å²) in [7, 11) is 0. The van der Waals surface area contributed by atoms with Gasteiger partial charge in [-0.15, -0.1) is 0 Å². The van der Waals surface area contributed by atoms with Crippen molar-refractivity contribution in [2.45, 2.75) is 12.8 Å². The first-order chi connectivity index (χ1) is 15.2. The van der Waals surface area contributed by atoms with Crippen molar-refractivity contribution in [3.05, 3.63) is 95.6 Å². The van der Waals surface area contributed by atoms with Crippen LogP contribution in [-0.2, 0) is 22.4 Å². The van der Waals surface area contributed by atoms with Gasteiger partial charge >= 0.3 is 0 Å². The standard InChI is InChI=1S/C25H24N2O4/c28-24(26-27-25(29)21-15-20-11-5-7-13-23(20)30-16-21)17-31-22-12-6-4-10-19(22)14-18-8-2-1-3-9-18/h1-13,21H,14-17H2,(H,26,28)(H,27,29). The van der Waals surface area contributed by atoms with E-state index < -0.39 is 5.91 Å². The van der Waals surface area contributed by atoms with Gasteiger partial charge in [0.15, 0.2) is 6.61 Å². The highest BCUT2D eigenvalue weighted by molar-refractivity contribution is 5.84. The van der Waals surface area contributed by atoms with Crippen LogP contribution >= 0.6 is 0 Å².